The summed E-state index contributed by atoms with van der Waals surface area (Å²) in [5.74, 6) is -1.11. The lowest BCUT2D eigenvalue weighted by Gasteiger charge is -2.10. The summed E-state index contributed by atoms with van der Waals surface area (Å²) < 4.78 is 32.2. The number of sulfonamides is 1. The van der Waals surface area contributed by atoms with E-state index in [1.165, 1.54) is 18.2 Å². The van der Waals surface area contributed by atoms with Crippen molar-refractivity contribution in [1.29, 1.82) is 0 Å². The van der Waals surface area contributed by atoms with E-state index in [0.29, 0.717) is 15.6 Å². The topological polar surface area (TPSA) is 89.5 Å². The lowest BCUT2D eigenvalue weighted by atomic mass is 10.1. The first-order valence-corrected chi connectivity index (χ1v) is 10.1. The minimum absolute atomic E-state index is 0.0333. The van der Waals surface area contributed by atoms with Crippen LogP contribution in [0.3, 0.4) is 0 Å². The first kappa shape index (κ1) is 20.3. The van der Waals surface area contributed by atoms with Crippen LogP contribution in [-0.4, -0.2) is 33.3 Å². The Hall–Kier alpha value is -2.03. The fraction of sp³-hybridized carbons (Fsp3) is 0.222. The third-order valence-corrected chi connectivity index (χ3v) is 5.82. The van der Waals surface area contributed by atoms with Crippen molar-refractivity contribution in [3.8, 4) is 0 Å². The maximum Gasteiger partial charge on any atom is 0.338 e. The zero-order valence-electron chi connectivity index (χ0n) is 14.3. The number of hydrogen-bond acceptors (Lipinski definition) is 5. The fourth-order valence-electron chi connectivity index (χ4n) is 2.24. The SMILES string of the molecule is CCNS(=O)(=O)c1ccc(C)c(C(=O)OCC(=O)c2ccccc2Br)c1. The number of benzene rings is 2. The van der Waals surface area contributed by atoms with Gasteiger partial charge in [0.05, 0.1) is 10.5 Å². The normalized spacial score (nSPS) is 11.2. The number of carbonyl (C=O) groups excluding carboxylic acids is 2. The Kier molecular flexibility index (Phi) is 6.69. The van der Waals surface area contributed by atoms with Crippen LogP contribution in [0.1, 0.15) is 33.2 Å². The Morgan fingerprint density at radius 2 is 1.81 bits per heavy atom. The van der Waals surface area contributed by atoms with Gasteiger partial charge in [0.1, 0.15) is 0 Å². The molecule has 2 rings (SSSR count). The predicted molar refractivity (Wildman–Crippen MR) is 101 cm³/mol. The van der Waals surface area contributed by atoms with E-state index in [2.05, 4.69) is 20.7 Å². The molecule has 8 heteroatoms. The molecule has 6 nitrogen and oxygen atoms in total. The van der Waals surface area contributed by atoms with Crippen LogP contribution < -0.4 is 4.72 Å². The van der Waals surface area contributed by atoms with Gasteiger partial charge in [0, 0.05) is 16.6 Å². The van der Waals surface area contributed by atoms with E-state index < -0.39 is 22.6 Å². The van der Waals surface area contributed by atoms with E-state index in [1.54, 1.807) is 38.1 Å². The van der Waals surface area contributed by atoms with Crippen LogP contribution in [0.25, 0.3) is 0 Å². The summed E-state index contributed by atoms with van der Waals surface area (Å²) in [4.78, 5) is 24.5. The van der Waals surface area contributed by atoms with Crippen LogP contribution in [-0.2, 0) is 14.8 Å². The van der Waals surface area contributed by atoms with Gasteiger partial charge in [0.25, 0.3) is 0 Å². The summed E-state index contributed by atoms with van der Waals surface area (Å²) in [7, 11) is -3.69. The number of Topliss-reactive ketones (excluding diaryl/α,β-unsaturated/α-hetero) is 1. The summed E-state index contributed by atoms with van der Waals surface area (Å²) in [6, 6.07) is 11.0. The maximum atomic E-state index is 12.3. The van der Waals surface area contributed by atoms with Gasteiger partial charge in [-0.15, -0.1) is 0 Å². The Morgan fingerprint density at radius 1 is 1.12 bits per heavy atom. The summed E-state index contributed by atoms with van der Waals surface area (Å²) in [5.41, 5.74) is 1.06. The number of hydrogen-bond donors (Lipinski definition) is 1. The zero-order valence-corrected chi connectivity index (χ0v) is 16.7. The van der Waals surface area contributed by atoms with E-state index >= 15 is 0 Å². The minimum Gasteiger partial charge on any atom is -0.454 e. The quantitative estimate of drug-likeness (QED) is 0.528. The molecule has 0 aromatic heterocycles. The van der Waals surface area contributed by atoms with Crippen molar-refractivity contribution in [2.45, 2.75) is 18.7 Å². The van der Waals surface area contributed by atoms with Gasteiger partial charge >= 0.3 is 5.97 Å². The van der Waals surface area contributed by atoms with Crippen LogP contribution >= 0.6 is 15.9 Å². The molecule has 2 aromatic carbocycles. The largest absolute Gasteiger partial charge is 0.454 e. The number of esters is 1. The van der Waals surface area contributed by atoms with Gasteiger partial charge in [-0.3, -0.25) is 4.79 Å². The van der Waals surface area contributed by atoms with Gasteiger partial charge in [-0.25, -0.2) is 17.9 Å². The summed E-state index contributed by atoms with van der Waals surface area (Å²) >= 11 is 3.27. The number of nitrogens with one attached hydrogen (secondary N) is 1. The smallest absolute Gasteiger partial charge is 0.338 e. The van der Waals surface area contributed by atoms with Gasteiger partial charge in [-0.2, -0.15) is 0 Å². The molecule has 2 aromatic rings. The van der Waals surface area contributed by atoms with Crippen LogP contribution in [0.5, 0.6) is 0 Å². The van der Waals surface area contributed by atoms with E-state index in [9.17, 15) is 18.0 Å². The summed E-state index contributed by atoms with van der Waals surface area (Å²) in [5, 5.41) is 0. The average Bonchev–Trinajstić information content (AvgIpc) is 2.60. The summed E-state index contributed by atoms with van der Waals surface area (Å²) in [6.07, 6.45) is 0. The van der Waals surface area contributed by atoms with Gasteiger partial charge in [-0.1, -0.05) is 47.1 Å². The molecule has 0 aliphatic heterocycles. The van der Waals surface area contributed by atoms with Crippen LogP contribution in [0.15, 0.2) is 51.8 Å². The molecule has 0 aliphatic carbocycles. The first-order chi connectivity index (χ1) is 12.3. The predicted octanol–water partition coefficient (Wildman–Crippen LogP) is 3.10. The third kappa shape index (κ3) is 4.78. The van der Waals surface area contributed by atoms with Gasteiger partial charge in [-0.05, 0) is 30.7 Å². The highest BCUT2D eigenvalue weighted by Gasteiger charge is 2.19. The van der Waals surface area contributed by atoms with E-state index in [0.717, 1.165) is 0 Å². The van der Waals surface area contributed by atoms with Gasteiger partial charge < -0.3 is 4.74 Å². The second kappa shape index (κ2) is 8.57. The number of aryl methyl sites for hydroxylation is 1. The lowest BCUT2D eigenvalue weighted by molar-refractivity contribution is 0.0473. The molecule has 0 amide bonds. The molecule has 0 atom stereocenters. The second-order valence-corrected chi connectivity index (χ2v) is 8.08. The van der Waals surface area contributed by atoms with Crippen LogP contribution in [0, 0.1) is 6.92 Å². The molecule has 0 unspecified atom stereocenters. The Balaban J connectivity index is 2.17. The molecule has 1 N–H and O–H groups in total. The van der Waals surface area contributed by atoms with E-state index in [1.807, 2.05) is 0 Å². The highest BCUT2D eigenvalue weighted by molar-refractivity contribution is 9.10. The van der Waals surface area contributed by atoms with Crippen molar-refractivity contribution in [2.24, 2.45) is 0 Å². The zero-order chi connectivity index (χ0) is 19.3. The Morgan fingerprint density at radius 3 is 2.46 bits per heavy atom. The molecule has 0 saturated carbocycles. The Labute approximate surface area is 160 Å². The van der Waals surface area contributed by atoms with E-state index in [-0.39, 0.29) is 22.8 Å². The monoisotopic (exact) mass is 439 g/mol. The van der Waals surface area contributed by atoms with Gasteiger partial charge in [0.15, 0.2) is 6.61 Å². The van der Waals surface area contributed by atoms with Crippen molar-refractivity contribution in [3.63, 3.8) is 0 Å². The maximum absolute atomic E-state index is 12.3. The molecular weight excluding hydrogens is 422 g/mol. The number of carbonyl (C=O) groups is 2. The molecule has 0 heterocycles. The molecule has 0 radical (unpaired) electrons. The van der Waals surface area contributed by atoms with Crippen LogP contribution in [0.4, 0.5) is 0 Å². The first-order valence-electron chi connectivity index (χ1n) is 7.81. The van der Waals surface area contributed by atoms with Crippen molar-refractivity contribution in [3.05, 3.63) is 63.6 Å². The summed E-state index contributed by atoms with van der Waals surface area (Å²) in [6.45, 7) is 3.12. The fourth-order valence-corrected chi connectivity index (χ4v) is 3.81. The lowest BCUT2D eigenvalue weighted by Crippen LogP contribution is -2.23. The third-order valence-electron chi connectivity index (χ3n) is 3.58. The minimum atomic E-state index is -3.69. The average molecular weight is 440 g/mol. The van der Waals surface area contributed by atoms with Crippen LogP contribution in [0.2, 0.25) is 0 Å². The number of rotatable bonds is 7. The standard InChI is InChI=1S/C18H18BrNO5S/c1-3-20-26(23,24)13-9-8-12(2)15(10-13)18(22)25-11-17(21)14-6-4-5-7-16(14)19/h4-10,20H,3,11H2,1-2H3. The number of ether oxygens (including phenoxy) is 1. The molecule has 0 aliphatic rings. The molecule has 0 bridgehead atoms. The number of halogens is 1. The van der Waals surface area contributed by atoms with Crippen molar-refractivity contribution in [1.82, 2.24) is 4.72 Å². The van der Waals surface area contributed by atoms with Crippen molar-refractivity contribution in [2.75, 3.05) is 13.2 Å². The van der Waals surface area contributed by atoms with Crippen molar-refractivity contribution >= 4 is 37.7 Å². The second-order valence-electron chi connectivity index (χ2n) is 5.46. The molecule has 0 spiro atoms. The highest BCUT2D eigenvalue weighted by Crippen LogP contribution is 2.18. The van der Waals surface area contributed by atoms with E-state index in [4.69, 9.17) is 4.74 Å². The molecule has 0 saturated heterocycles. The molecule has 26 heavy (non-hydrogen) atoms. The molecule has 138 valence electrons. The van der Waals surface area contributed by atoms with Crippen molar-refractivity contribution < 1.29 is 22.7 Å². The Bertz CT molecular complexity index is 940. The number of ketones is 1. The molecular formula is C18H18BrNO5S. The molecule has 0 fully saturated rings. The highest BCUT2D eigenvalue weighted by atomic mass is 79.9. The van der Waals surface area contributed by atoms with Gasteiger partial charge in [0.2, 0.25) is 15.8 Å².